The first kappa shape index (κ1) is 19.6. The van der Waals surface area contributed by atoms with E-state index in [-0.39, 0.29) is 16.7 Å². The van der Waals surface area contributed by atoms with Crippen LogP contribution in [0.3, 0.4) is 0 Å². The van der Waals surface area contributed by atoms with Crippen LogP contribution in [0, 0.1) is 5.92 Å². The average Bonchev–Trinajstić information content (AvgIpc) is 2.73. The molecule has 0 unspecified atom stereocenters. The molecule has 0 bridgehead atoms. The molecule has 0 radical (unpaired) electrons. The molecular weight excluding hydrogens is 392 g/mol. The molecule has 1 aromatic heterocycles. The van der Waals surface area contributed by atoms with Gasteiger partial charge in [0.15, 0.2) is 0 Å². The van der Waals surface area contributed by atoms with Crippen LogP contribution in [0.4, 0.5) is 11.6 Å². The van der Waals surface area contributed by atoms with Crippen LogP contribution in [-0.4, -0.2) is 62.5 Å². The second-order valence-corrected chi connectivity index (χ2v) is 9.24. The molecular formula is C19H24N6O3S. The molecule has 29 heavy (non-hydrogen) atoms. The van der Waals surface area contributed by atoms with E-state index in [1.54, 1.807) is 34.1 Å². The van der Waals surface area contributed by atoms with Gasteiger partial charge < -0.3 is 15.1 Å². The maximum atomic E-state index is 12.9. The van der Waals surface area contributed by atoms with Gasteiger partial charge in [-0.15, -0.1) is 0 Å². The zero-order valence-electron chi connectivity index (χ0n) is 16.4. The van der Waals surface area contributed by atoms with E-state index in [1.807, 2.05) is 14.1 Å². The van der Waals surface area contributed by atoms with Gasteiger partial charge in [-0.2, -0.15) is 4.72 Å². The molecule has 1 amide bonds. The summed E-state index contributed by atoms with van der Waals surface area (Å²) in [7, 11) is 0.0875. The minimum atomic E-state index is -3.58. The maximum absolute atomic E-state index is 12.9. The number of piperidine rings is 1. The third kappa shape index (κ3) is 3.90. The first-order chi connectivity index (χ1) is 13.8. The van der Waals surface area contributed by atoms with E-state index in [9.17, 15) is 13.2 Å². The van der Waals surface area contributed by atoms with E-state index < -0.39 is 16.2 Å². The zero-order chi connectivity index (χ0) is 20.6. The second-order valence-electron chi connectivity index (χ2n) is 7.56. The molecule has 154 valence electrons. The number of carbonyl (C=O) groups is 1. The van der Waals surface area contributed by atoms with Gasteiger partial charge in [-0.1, -0.05) is 12.1 Å². The normalized spacial score (nSPS) is 23.0. The fourth-order valence-electron chi connectivity index (χ4n) is 3.77. The van der Waals surface area contributed by atoms with Crippen molar-refractivity contribution >= 4 is 27.6 Å². The lowest BCUT2D eigenvalue weighted by Crippen LogP contribution is -2.54. The number of likely N-dealkylation sites (tertiary alicyclic amines) is 1. The van der Waals surface area contributed by atoms with Crippen molar-refractivity contribution in [2.45, 2.75) is 23.9 Å². The number of aromatic nitrogens is 2. The minimum Gasteiger partial charge on any atom is -0.368 e. The quantitative estimate of drug-likeness (QED) is 0.772. The molecule has 3 heterocycles. The number of carbonyl (C=O) groups excluding carboxylic acids is 1. The van der Waals surface area contributed by atoms with Gasteiger partial charge in [0.2, 0.25) is 16.0 Å². The number of fused-ring (bicyclic) bond motifs is 1. The number of hydrogen-bond donors (Lipinski definition) is 2. The van der Waals surface area contributed by atoms with Crippen molar-refractivity contribution in [2.75, 3.05) is 37.4 Å². The van der Waals surface area contributed by atoms with Gasteiger partial charge in [0, 0.05) is 45.5 Å². The summed E-state index contributed by atoms with van der Waals surface area (Å²) < 4.78 is 27.9. The summed E-state index contributed by atoms with van der Waals surface area (Å²) in [6, 6.07) is 6.84. The molecule has 2 atom stereocenters. The van der Waals surface area contributed by atoms with Gasteiger partial charge in [-0.25, -0.2) is 18.4 Å². The summed E-state index contributed by atoms with van der Waals surface area (Å²) >= 11 is 0. The number of nitrogens with zero attached hydrogens (tertiary/aromatic N) is 4. The standard InChI is InChI=1S/C19H24N6O3S/c1-24(2)19-20-10-14(11-21-19)18(26)25-9-5-6-13(12-25)17-22-15-7-3-4-8-16(15)29(27,28)23-17/h3-4,7-8,10-11,13,17,22-23H,5-6,9,12H2,1-2H3/t13-,17-/m1/s1. The number of nitrogens with one attached hydrogen (secondary N) is 2. The molecule has 2 aliphatic rings. The van der Waals surface area contributed by atoms with Crippen molar-refractivity contribution in [1.82, 2.24) is 19.6 Å². The number of rotatable bonds is 3. The van der Waals surface area contributed by atoms with Crippen LogP contribution in [-0.2, 0) is 10.0 Å². The topological polar surface area (TPSA) is 108 Å². The number of hydrogen-bond acceptors (Lipinski definition) is 7. The number of para-hydroxylation sites is 1. The van der Waals surface area contributed by atoms with Crippen molar-refractivity contribution < 1.29 is 13.2 Å². The Hall–Kier alpha value is -2.72. The fraction of sp³-hybridized carbons (Fsp3) is 0.421. The summed E-state index contributed by atoms with van der Waals surface area (Å²) in [6.45, 7) is 1.08. The Balaban J connectivity index is 1.49. The zero-order valence-corrected chi connectivity index (χ0v) is 17.2. The smallest absolute Gasteiger partial charge is 0.257 e. The molecule has 9 nitrogen and oxygen atoms in total. The largest absolute Gasteiger partial charge is 0.368 e. The molecule has 10 heteroatoms. The lowest BCUT2D eigenvalue weighted by atomic mass is 9.94. The summed E-state index contributed by atoms with van der Waals surface area (Å²) in [5.74, 6) is 0.356. The average molecular weight is 417 g/mol. The van der Waals surface area contributed by atoms with Crippen LogP contribution >= 0.6 is 0 Å². The molecule has 2 N–H and O–H groups in total. The summed E-state index contributed by atoms with van der Waals surface area (Å²) in [5.41, 5.74) is 1.02. The molecule has 1 fully saturated rings. The lowest BCUT2D eigenvalue weighted by Gasteiger charge is -2.39. The van der Waals surface area contributed by atoms with Crippen molar-refractivity contribution in [2.24, 2.45) is 5.92 Å². The molecule has 0 saturated carbocycles. The Morgan fingerprint density at radius 2 is 1.93 bits per heavy atom. The molecule has 1 saturated heterocycles. The summed E-state index contributed by atoms with van der Waals surface area (Å²) in [4.78, 5) is 25.1. The maximum Gasteiger partial charge on any atom is 0.257 e. The third-order valence-electron chi connectivity index (χ3n) is 5.27. The van der Waals surface area contributed by atoms with E-state index in [2.05, 4.69) is 20.0 Å². The Bertz CT molecular complexity index is 1010. The molecule has 0 spiro atoms. The Morgan fingerprint density at radius 1 is 1.21 bits per heavy atom. The summed E-state index contributed by atoms with van der Waals surface area (Å²) in [6.07, 6.45) is 4.23. The third-order valence-corrected chi connectivity index (χ3v) is 6.77. The monoisotopic (exact) mass is 416 g/mol. The van der Waals surface area contributed by atoms with Gasteiger partial charge in [0.25, 0.3) is 5.91 Å². The highest BCUT2D eigenvalue weighted by Gasteiger charge is 2.36. The number of benzene rings is 1. The predicted octanol–water partition coefficient (Wildman–Crippen LogP) is 1.12. The van der Waals surface area contributed by atoms with E-state index in [4.69, 9.17) is 0 Å². The highest BCUT2D eigenvalue weighted by atomic mass is 32.2. The molecule has 4 rings (SSSR count). The highest BCUT2D eigenvalue weighted by Crippen LogP contribution is 2.30. The molecule has 2 aromatic rings. The highest BCUT2D eigenvalue weighted by molar-refractivity contribution is 7.89. The van der Waals surface area contributed by atoms with Gasteiger partial charge >= 0.3 is 0 Å². The van der Waals surface area contributed by atoms with E-state index in [0.29, 0.717) is 30.3 Å². The van der Waals surface area contributed by atoms with Crippen LogP contribution in [0.2, 0.25) is 0 Å². The van der Waals surface area contributed by atoms with Crippen molar-refractivity contribution in [1.29, 1.82) is 0 Å². The van der Waals surface area contributed by atoms with Crippen molar-refractivity contribution in [3.8, 4) is 0 Å². The van der Waals surface area contributed by atoms with Crippen molar-refractivity contribution in [3.05, 3.63) is 42.2 Å². The Kier molecular flexibility index (Phi) is 5.13. The number of anilines is 2. The molecule has 2 aliphatic heterocycles. The van der Waals surface area contributed by atoms with E-state index >= 15 is 0 Å². The van der Waals surface area contributed by atoms with Crippen LogP contribution in [0.5, 0.6) is 0 Å². The Morgan fingerprint density at radius 3 is 2.66 bits per heavy atom. The van der Waals surface area contributed by atoms with Gasteiger partial charge in [-0.3, -0.25) is 4.79 Å². The first-order valence-electron chi connectivity index (χ1n) is 9.52. The number of sulfonamides is 1. The van der Waals surface area contributed by atoms with E-state index in [1.165, 1.54) is 12.4 Å². The van der Waals surface area contributed by atoms with E-state index in [0.717, 1.165) is 12.8 Å². The van der Waals surface area contributed by atoms with Gasteiger partial charge in [-0.05, 0) is 25.0 Å². The SMILES string of the molecule is CN(C)c1ncc(C(=O)N2CCC[C@@H]([C@@H]3Nc4ccccc4S(=O)(=O)N3)C2)cn1. The van der Waals surface area contributed by atoms with Crippen LogP contribution in [0.15, 0.2) is 41.6 Å². The van der Waals surface area contributed by atoms with Crippen LogP contribution in [0.1, 0.15) is 23.2 Å². The van der Waals surface area contributed by atoms with Crippen LogP contribution < -0.4 is 14.9 Å². The molecule has 1 aromatic carbocycles. The summed E-state index contributed by atoms with van der Waals surface area (Å²) in [5, 5.41) is 3.28. The fourth-order valence-corrected chi connectivity index (χ4v) is 5.16. The second kappa shape index (κ2) is 7.60. The van der Waals surface area contributed by atoms with Gasteiger partial charge in [0.05, 0.1) is 17.4 Å². The number of amides is 1. The first-order valence-corrected chi connectivity index (χ1v) is 11.0. The minimum absolute atomic E-state index is 0.0437. The Labute approximate surface area is 170 Å². The lowest BCUT2D eigenvalue weighted by molar-refractivity contribution is 0.0658. The van der Waals surface area contributed by atoms with Crippen molar-refractivity contribution in [3.63, 3.8) is 0 Å². The molecule has 0 aliphatic carbocycles. The van der Waals surface area contributed by atoms with Crippen LogP contribution in [0.25, 0.3) is 0 Å². The van der Waals surface area contributed by atoms with Gasteiger partial charge in [0.1, 0.15) is 4.90 Å². The predicted molar refractivity (Wildman–Crippen MR) is 109 cm³/mol.